The maximum atomic E-state index is 13.7. The van der Waals surface area contributed by atoms with Crippen LogP contribution in [-0.4, -0.2) is 43.0 Å². The van der Waals surface area contributed by atoms with Gasteiger partial charge >= 0.3 is 12.1 Å². The number of halogens is 4. The van der Waals surface area contributed by atoms with Gasteiger partial charge in [-0.25, -0.2) is 13.9 Å². The lowest BCUT2D eigenvalue weighted by atomic mass is 10.1. The Hall–Kier alpha value is -4.17. The molecule has 15 heteroatoms. The first-order valence-corrected chi connectivity index (χ1v) is 9.56. The minimum Gasteiger partial charge on any atom is -0.456 e. The van der Waals surface area contributed by atoms with Crippen molar-refractivity contribution in [2.24, 2.45) is 0 Å². The number of benzene rings is 1. The topological polar surface area (TPSA) is 142 Å². The summed E-state index contributed by atoms with van der Waals surface area (Å²) in [5.41, 5.74) is 0.202. The molecule has 0 saturated carbocycles. The minimum atomic E-state index is -4.74. The highest BCUT2D eigenvalue weighted by Crippen LogP contribution is 2.27. The van der Waals surface area contributed by atoms with Gasteiger partial charge in [-0.2, -0.15) is 18.2 Å². The predicted molar refractivity (Wildman–Crippen MR) is 106 cm³/mol. The number of rotatable bonds is 7. The van der Waals surface area contributed by atoms with E-state index in [4.69, 9.17) is 4.74 Å². The van der Waals surface area contributed by atoms with E-state index in [2.05, 4.69) is 20.4 Å². The van der Waals surface area contributed by atoms with Crippen LogP contribution < -0.4 is 5.32 Å². The maximum absolute atomic E-state index is 13.7. The minimum absolute atomic E-state index is 0.0295. The predicted octanol–water partition coefficient (Wildman–Crippen LogP) is 2.92. The van der Waals surface area contributed by atoms with Crippen LogP contribution in [0.4, 0.5) is 28.9 Å². The molecule has 11 nitrogen and oxygen atoms in total. The van der Waals surface area contributed by atoms with Gasteiger partial charge in [0.2, 0.25) is 0 Å². The van der Waals surface area contributed by atoms with Gasteiger partial charge in [-0.05, 0) is 31.9 Å². The Morgan fingerprint density at radius 3 is 2.59 bits per heavy atom. The number of anilines is 1. The Kier molecular flexibility index (Phi) is 6.74. The molecule has 0 fully saturated rings. The Balaban J connectivity index is 1.60. The number of fused-ring (bicyclic) bond motifs is 1. The van der Waals surface area contributed by atoms with Gasteiger partial charge in [0.25, 0.3) is 23.2 Å². The number of hydrogen-bond acceptors (Lipinski definition) is 8. The number of carbonyl (C=O) groups is 2. The van der Waals surface area contributed by atoms with Crippen LogP contribution >= 0.6 is 0 Å². The zero-order valence-electron chi connectivity index (χ0n) is 17.6. The zero-order chi connectivity index (χ0) is 25.2. The molecule has 1 N–H and O–H groups in total. The Labute approximate surface area is 187 Å². The van der Waals surface area contributed by atoms with Gasteiger partial charge in [0.05, 0.1) is 10.6 Å². The first-order valence-electron chi connectivity index (χ1n) is 9.56. The summed E-state index contributed by atoms with van der Waals surface area (Å²) in [4.78, 5) is 41.3. The van der Waals surface area contributed by atoms with E-state index in [1.54, 1.807) is 0 Å². The summed E-state index contributed by atoms with van der Waals surface area (Å²) in [6, 6.07) is 2.55. The Morgan fingerprint density at radius 1 is 1.24 bits per heavy atom. The average molecular weight is 484 g/mol. The summed E-state index contributed by atoms with van der Waals surface area (Å²) in [5.74, 6) is -4.24. The molecule has 0 spiro atoms. The molecule has 0 radical (unpaired) electrons. The van der Waals surface area contributed by atoms with Crippen molar-refractivity contribution in [2.75, 3.05) is 11.9 Å². The summed E-state index contributed by atoms with van der Waals surface area (Å²) in [7, 11) is 0. The first kappa shape index (κ1) is 24.5. The fraction of sp³-hybridized carbons (Fsp3) is 0.316. The van der Waals surface area contributed by atoms with E-state index >= 15 is 0 Å². The number of nitro groups is 1. The molecule has 0 aliphatic rings. The lowest BCUT2D eigenvalue weighted by molar-refractivity contribution is -0.384. The van der Waals surface area contributed by atoms with Crippen molar-refractivity contribution in [1.82, 2.24) is 19.6 Å². The van der Waals surface area contributed by atoms with Crippen molar-refractivity contribution in [3.63, 3.8) is 0 Å². The lowest BCUT2D eigenvalue weighted by Crippen LogP contribution is -2.21. The molecular formula is C19H16F4N6O5. The second-order valence-corrected chi connectivity index (χ2v) is 7.04. The number of esters is 1. The van der Waals surface area contributed by atoms with Crippen LogP contribution in [0.2, 0.25) is 0 Å². The Morgan fingerprint density at radius 2 is 1.94 bits per heavy atom. The average Bonchev–Trinajstić information content (AvgIpc) is 3.18. The second-order valence-electron chi connectivity index (χ2n) is 7.04. The number of ether oxygens (including phenoxy) is 1. The van der Waals surface area contributed by atoms with Crippen molar-refractivity contribution in [3.05, 3.63) is 56.9 Å². The van der Waals surface area contributed by atoms with Crippen molar-refractivity contribution >= 4 is 29.0 Å². The van der Waals surface area contributed by atoms with E-state index in [1.807, 2.05) is 0 Å². The molecule has 0 unspecified atom stereocenters. The fourth-order valence-electron chi connectivity index (χ4n) is 3.04. The molecule has 2 heterocycles. The number of carbonyl (C=O) groups excluding carboxylic acids is 2. The standard InChI is InChI=1S/C19H16F4N6O5/c1-9-12(10(2)28-18(24-9)26-17(27-28)19(21,22)23)4-6-16(31)34-8-15(30)25-14-7-11(29(32)33)3-5-13(14)20/h3,5,7H,4,6,8H2,1-2H3,(H,25,30). The molecule has 34 heavy (non-hydrogen) atoms. The third-order valence-electron chi connectivity index (χ3n) is 4.68. The summed E-state index contributed by atoms with van der Waals surface area (Å²) in [5, 5.41) is 16.2. The number of aromatic nitrogens is 4. The van der Waals surface area contributed by atoms with E-state index in [9.17, 15) is 37.3 Å². The van der Waals surface area contributed by atoms with Crippen molar-refractivity contribution in [3.8, 4) is 0 Å². The van der Waals surface area contributed by atoms with Gasteiger partial charge in [0.1, 0.15) is 5.82 Å². The number of non-ortho nitro benzene ring substituents is 1. The van der Waals surface area contributed by atoms with Crippen LogP contribution in [0.25, 0.3) is 5.78 Å². The van der Waals surface area contributed by atoms with E-state index in [-0.39, 0.29) is 18.6 Å². The SMILES string of the molecule is Cc1nc2nc(C(F)(F)F)nn2c(C)c1CCC(=O)OCC(=O)Nc1cc([N+](=O)[O-])ccc1F. The van der Waals surface area contributed by atoms with Crippen molar-refractivity contribution in [2.45, 2.75) is 32.9 Å². The summed E-state index contributed by atoms with van der Waals surface area (Å²) < 4.78 is 58.1. The largest absolute Gasteiger partial charge is 0.456 e. The monoisotopic (exact) mass is 484 g/mol. The molecule has 0 bridgehead atoms. The van der Waals surface area contributed by atoms with Crippen molar-refractivity contribution in [1.29, 1.82) is 0 Å². The van der Waals surface area contributed by atoms with Crippen LogP contribution in [0, 0.1) is 29.8 Å². The number of aryl methyl sites for hydroxylation is 2. The molecule has 0 aliphatic carbocycles. The Bertz CT molecular complexity index is 1290. The van der Waals surface area contributed by atoms with E-state index < -0.39 is 52.6 Å². The van der Waals surface area contributed by atoms with Gasteiger partial charge < -0.3 is 10.1 Å². The summed E-state index contributed by atoms with van der Waals surface area (Å²) in [6.45, 7) is 2.25. The molecule has 2 aromatic heterocycles. The molecule has 0 atom stereocenters. The maximum Gasteiger partial charge on any atom is 0.453 e. The van der Waals surface area contributed by atoms with Crippen molar-refractivity contribution < 1.29 is 36.8 Å². The molecule has 0 saturated heterocycles. The van der Waals surface area contributed by atoms with Crippen LogP contribution in [0.3, 0.4) is 0 Å². The van der Waals surface area contributed by atoms with Gasteiger partial charge in [0, 0.05) is 29.9 Å². The number of hydrogen-bond donors (Lipinski definition) is 1. The van der Waals surface area contributed by atoms with Gasteiger partial charge in [-0.3, -0.25) is 19.7 Å². The zero-order valence-corrected chi connectivity index (χ0v) is 17.6. The first-order chi connectivity index (χ1) is 15.9. The number of alkyl halides is 3. The molecular weight excluding hydrogens is 468 g/mol. The molecule has 180 valence electrons. The molecule has 1 aromatic carbocycles. The molecule has 0 aliphatic heterocycles. The van der Waals surface area contributed by atoms with Crippen LogP contribution in [0.15, 0.2) is 18.2 Å². The third kappa shape index (κ3) is 5.41. The summed E-state index contributed by atoms with van der Waals surface area (Å²) in [6.07, 6.45) is -4.96. The highest BCUT2D eigenvalue weighted by Gasteiger charge is 2.37. The quantitative estimate of drug-likeness (QED) is 0.234. The van der Waals surface area contributed by atoms with E-state index in [0.29, 0.717) is 17.0 Å². The normalized spacial score (nSPS) is 11.5. The van der Waals surface area contributed by atoms with E-state index in [1.165, 1.54) is 13.8 Å². The number of nitrogens with zero attached hydrogens (tertiary/aromatic N) is 5. The van der Waals surface area contributed by atoms with E-state index in [0.717, 1.165) is 22.7 Å². The van der Waals surface area contributed by atoms with Crippen LogP contribution in [-0.2, 0) is 26.9 Å². The van der Waals surface area contributed by atoms with Gasteiger partial charge in [0.15, 0.2) is 6.61 Å². The third-order valence-corrected chi connectivity index (χ3v) is 4.68. The molecule has 3 rings (SSSR count). The number of amides is 1. The van der Waals surface area contributed by atoms with Crippen LogP contribution in [0.5, 0.6) is 0 Å². The fourth-order valence-corrected chi connectivity index (χ4v) is 3.04. The number of nitro benzene ring substituents is 1. The molecule has 1 amide bonds. The second kappa shape index (κ2) is 9.36. The van der Waals surface area contributed by atoms with Gasteiger partial charge in [-0.1, -0.05) is 0 Å². The number of nitrogens with one attached hydrogen (secondary N) is 1. The molecule has 3 aromatic rings. The van der Waals surface area contributed by atoms with Gasteiger partial charge in [-0.15, -0.1) is 5.10 Å². The highest BCUT2D eigenvalue weighted by molar-refractivity contribution is 5.93. The smallest absolute Gasteiger partial charge is 0.453 e. The summed E-state index contributed by atoms with van der Waals surface area (Å²) >= 11 is 0. The lowest BCUT2D eigenvalue weighted by Gasteiger charge is -2.10. The highest BCUT2D eigenvalue weighted by atomic mass is 19.4. The van der Waals surface area contributed by atoms with Crippen LogP contribution in [0.1, 0.15) is 29.2 Å².